The van der Waals surface area contributed by atoms with Crippen molar-refractivity contribution >= 4 is 28.5 Å². The molecule has 0 radical (unpaired) electrons. The van der Waals surface area contributed by atoms with Crippen LogP contribution in [0.25, 0.3) is 0 Å². The number of methoxy groups -OCH3 is 2. The van der Waals surface area contributed by atoms with E-state index in [4.69, 9.17) is 28.0 Å². The number of imide groups is 1. The Kier molecular flexibility index (Phi) is 15.3. The first kappa shape index (κ1) is 45.7. The lowest BCUT2D eigenvalue weighted by Gasteiger charge is -2.40. The number of hydrogen-bond donors (Lipinski definition) is 1. The van der Waals surface area contributed by atoms with Crippen molar-refractivity contribution in [3.05, 3.63) is 95.6 Å². The quantitative estimate of drug-likeness (QED) is 0.0762. The van der Waals surface area contributed by atoms with Crippen LogP contribution >= 0.6 is 8.53 Å². The SMILES string of the molecule is COc1ccc(C(OC[C@H]2O[C@@H](N3CC(C)C(=O)NC3=O)C[C@@H]2OP(OCC[Si](C)(C)C(C)(C)C)N(C(C)C)C(C)C)(c2ccccc2)c2ccc(OC)cc2)cc1. The fourth-order valence-electron chi connectivity index (χ4n) is 7.44. The molecule has 2 unspecified atom stereocenters. The van der Waals surface area contributed by atoms with E-state index < -0.39 is 46.7 Å². The minimum atomic E-state index is -1.64. The van der Waals surface area contributed by atoms with Crippen LogP contribution in [0.5, 0.6) is 11.5 Å². The number of ether oxygens (including phenoxy) is 4. The number of rotatable bonds is 18. The van der Waals surface area contributed by atoms with Crippen LogP contribution in [0.3, 0.4) is 0 Å². The Bertz CT molecular complexity index is 1730. The van der Waals surface area contributed by atoms with Crippen molar-refractivity contribution in [3.63, 3.8) is 0 Å². The molecule has 0 spiro atoms. The summed E-state index contributed by atoms with van der Waals surface area (Å²) in [7, 11) is 0.104. The average Bonchev–Trinajstić information content (AvgIpc) is 3.58. The number of benzene rings is 3. The summed E-state index contributed by atoms with van der Waals surface area (Å²) in [5.74, 6) is 0.775. The minimum Gasteiger partial charge on any atom is -0.497 e. The number of hydrogen-bond acceptors (Lipinski definition) is 9. The van der Waals surface area contributed by atoms with E-state index in [1.807, 2.05) is 73.7 Å². The summed E-state index contributed by atoms with van der Waals surface area (Å²) < 4.78 is 41.7. The normalized spacial score (nSPS) is 21.2. The van der Waals surface area contributed by atoms with Gasteiger partial charge in [0.25, 0.3) is 8.53 Å². The third-order valence-corrected chi connectivity index (χ3v) is 19.7. The van der Waals surface area contributed by atoms with Crippen molar-refractivity contribution < 1.29 is 37.6 Å². The third kappa shape index (κ3) is 10.3. The Balaban J connectivity index is 1.56. The molecule has 2 heterocycles. The van der Waals surface area contributed by atoms with Crippen LogP contribution in [0.4, 0.5) is 4.79 Å². The monoisotopic (exact) mass is 835 g/mol. The second-order valence-electron chi connectivity index (χ2n) is 17.7. The number of nitrogens with zero attached hydrogens (tertiary/aromatic N) is 2. The van der Waals surface area contributed by atoms with Gasteiger partial charge in [-0.05, 0) is 79.7 Å². The van der Waals surface area contributed by atoms with E-state index in [1.165, 1.54) is 0 Å². The van der Waals surface area contributed by atoms with Gasteiger partial charge < -0.3 is 28.0 Å². The first-order valence-corrected chi connectivity index (χ1v) is 24.9. The molecule has 5 atom stereocenters. The maximum Gasteiger partial charge on any atom is 0.326 e. The highest BCUT2D eigenvalue weighted by Gasteiger charge is 2.48. The van der Waals surface area contributed by atoms with Crippen LogP contribution in [-0.4, -0.2) is 94.1 Å². The molecule has 2 aliphatic rings. The van der Waals surface area contributed by atoms with Gasteiger partial charge in [-0.3, -0.25) is 15.0 Å². The van der Waals surface area contributed by atoms with Crippen molar-refractivity contribution in [2.75, 3.05) is 34.0 Å². The Hall–Kier alpha value is -3.35. The molecule has 13 heteroatoms. The summed E-state index contributed by atoms with van der Waals surface area (Å²) >= 11 is 0. The molecular weight excluding hydrogens is 770 g/mol. The molecule has 0 aliphatic carbocycles. The molecule has 2 saturated heterocycles. The van der Waals surface area contributed by atoms with Gasteiger partial charge in [-0.25, -0.2) is 9.46 Å². The molecular formula is C45H66N3O8PSi. The smallest absolute Gasteiger partial charge is 0.326 e. The molecule has 5 rings (SSSR count). The molecule has 0 saturated carbocycles. The largest absolute Gasteiger partial charge is 0.497 e. The Labute approximate surface area is 349 Å². The van der Waals surface area contributed by atoms with Gasteiger partial charge in [0.2, 0.25) is 5.91 Å². The highest BCUT2D eigenvalue weighted by molar-refractivity contribution is 7.44. The highest BCUT2D eigenvalue weighted by atomic mass is 31.2. The lowest BCUT2D eigenvalue weighted by Crippen LogP contribution is -2.57. The number of carbonyl (C=O) groups excluding carboxylic acids is 2. The summed E-state index contributed by atoms with van der Waals surface area (Å²) in [5.41, 5.74) is 1.60. The molecule has 0 bridgehead atoms. The highest BCUT2D eigenvalue weighted by Crippen LogP contribution is 2.51. The van der Waals surface area contributed by atoms with Gasteiger partial charge in [0.05, 0.1) is 47.5 Å². The number of amides is 3. The van der Waals surface area contributed by atoms with Crippen LogP contribution in [0, 0.1) is 5.92 Å². The summed E-state index contributed by atoms with van der Waals surface area (Å²) in [6, 6.07) is 26.8. The van der Waals surface area contributed by atoms with E-state index in [9.17, 15) is 9.59 Å². The lowest BCUT2D eigenvalue weighted by molar-refractivity contribution is -0.130. The Morgan fingerprint density at radius 1 is 0.862 bits per heavy atom. The molecule has 3 aromatic carbocycles. The van der Waals surface area contributed by atoms with Gasteiger partial charge in [-0.1, -0.05) is 95.4 Å². The van der Waals surface area contributed by atoms with Gasteiger partial charge in [-0.2, -0.15) is 0 Å². The zero-order valence-electron chi connectivity index (χ0n) is 36.6. The van der Waals surface area contributed by atoms with E-state index in [1.54, 1.807) is 19.1 Å². The summed E-state index contributed by atoms with van der Waals surface area (Å²) in [6.07, 6.45) is -1.40. The third-order valence-electron chi connectivity index (χ3n) is 12.0. The molecule has 3 amide bonds. The van der Waals surface area contributed by atoms with E-state index in [0.717, 1.165) is 34.2 Å². The molecule has 0 aromatic heterocycles. The average molecular weight is 836 g/mol. The van der Waals surface area contributed by atoms with E-state index in [-0.39, 0.29) is 42.1 Å². The van der Waals surface area contributed by atoms with Gasteiger partial charge >= 0.3 is 6.03 Å². The standard InChI is InChI=1S/C45H66N3O8PSi/c1-31(2)48(32(3)4)57(54-26-27-58(11,12)44(6,7)8)56-39-28-41(47-29-33(5)42(49)46-43(47)50)55-40(39)30-53-45(34-16-14-13-15-17-34,35-18-22-37(51-9)23-19-35)36-20-24-38(52-10)25-21-36/h13-25,31-33,39-41H,26-30H2,1-12H3,(H,46,49,50)/t33?,39-,40+,41+,57?/m0/s1. The molecule has 2 aliphatic heterocycles. The van der Waals surface area contributed by atoms with Gasteiger partial charge in [0, 0.05) is 25.0 Å². The molecule has 318 valence electrons. The second-order valence-corrected chi connectivity index (χ2v) is 24.9. The van der Waals surface area contributed by atoms with Gasteiger partial charge in [0.1, 0.15) is 29.4 Å². The van der Waals surface area contributed by atoms with Crippen LogP contribution in [-0.2, 0) is 28.9 Å². The molecule has 2 fully saturated rings. The summed E-state index contributed by atoms with van der Waals surface area (Å²) in [6.45, 7) is 23.2. The summed E-state index contributed by atoms with van der Waals surface area (Å²) in [4.78, 5) is 27.5. The van der Waals surface area contributed by atoms with Crippen molar-refractivity contribution in [3.8, 4) is 11.5 Å². The Morgan fingerprint density at radius 3 is 1.90 bits per heavy atom. The fourth-order valence-corrected chi connectivity index (χ4v) is 10.7. The number of urea groups is 1. The molecule has 58 heavy (non-hydrogen) atoms. The van der Waals surface area contributed by atoms with Crippen molar-refractivity contribution in [1.29, 1.82) is 0 Å². The predicted octanol–water partition coefficient (Wildman–Crippen LogP) is 9.57. The van der Waals surface area contributed by atoms with Crippen LogP contribution in [0.15, 0.2) is 78.9 Å². The van der Waals surface area contributed by atoms with Crippen LogP contribution in [0.2, 0.25) is 24.2 Å². The number of nitrogens with one attached hydrogen (secondary N) is 1. The molecule has 1 N–H and O–H groups in total. The predicted molar refractivity (Wildman–Crippen MR) is 233 cm³/mol. The van der Waals surface area contributed by atoms with Crippen molar-refractivity contribution in [2.45, 2.75) is 122 Å². The topological polar surface area (TPSA) is 108 Å². The zero-order valence-corrected chi connectivity index (χ0v) is 38.5. The fraction of sp³-hybridized carbons (Fsp3) is 0.556. The van der Waals surface area contributed by atoms with Crippen molar-refractivity contribution in [1.82, 2.24) is 14.9 Å². The van der Waals surface area contributed by atoms with Gasteiger partial charge in [-0.15, -0.1) is 0 Å². The van der Waals surface area contributed by atoms with Crippen LogP contribution < -0.4 is 14.8 Å². The van der Waals surface area contributed by atoms with Crippen LogP contribution in [0.1, 0.15) is 78.5 Å². The van der Waals surface area contributed by atoms with E-state index in [0.29, 0.717) is 13.0 Å². The summed E-state index contributed by atoms with van der Waals surface area (Å²) in [5, 5.41) is 2.74. The Morgan fingerprint density at radius 2 is 1.40 bits per heavy atom. The first-order chi connectivity index (χ1) is 27.4. The van der Waals surface area contributed by atoms with E-state index in [2.05, 4.69) is 83.7 Å². The first-order valence-electron chi connectivity index (χ1n) is 20.5. The maximum absolute atomic E-state index is 13.3. The molecule has 3 aromatic rings. The van der Waals surface area contributed by atoms with Crippen molar-refractivity contribution in [2.24, 2.45) is 5.92 Å². The minimum absolute atomic E-state index is 0.106. The van der Waals surface area contributed by atoms with E-state index >= 15 is 0 Å². The van der Waals surface area contributed by atoms with Gasteiger partial charge in [0.15, 0.2) is 0 Å². The lowest BCUT2D eigenvalue weighted by atomic mass is 9.80. The second kappa shape index (κ2) is 19.4. The maximum atomic E-state index is 13.3. The zero-order chi connectivity index (χ0) is 42.4. The number of carbonyl (C=O) groups is 2. The molecule has 11 nitrogen and oxygen atoms in total.